The summed E-state index contributed by atoms with van der Waals surface area (Å²) in [5.41, 5.74) is 0. The Hall–Kier alpha value is -0.430. The van der Waals surface area contributed by atoms with Gasteiger partial charge in [-0.15, -0.1) is 11.8 Å². The number of carbonyl (C=O) groups is 1. The van der Waals surface area contributed by atoms with Crippen LogP contribution in [0, 0.1) is 0 Å². The molecule has 0 aromatic carbocycles. The molecule has 1 aliphatic heterocycles. The topological polar surface area (TPSA) is 40.5 Å². The molecule has 1 amide bonds. The fourth-order valence-corrected chi connectivity index (χ4v) is 2.82. The van der Waals surface area contributed by atoms with Gasteiger partial charge in [0.2, 0.25) is 5.91 Å². The lowest BCUT2D eigenvalue weighted by Gasteiger charge is -2.25. The Kier molecular flexibility index (Phi) is 4.91. The van der Waals surface area contributed by atoms with Crippen LogP contribution in [0.5, 0.6) is 0 Å². The number of rotatable bonds is 4. The van der Waals surface area contributed by atoms with Gasteiger partial charge < -0.3 is 10.0 Å². The van der Waals surface area contributed by atoms with Crippen molar-refractivity contribution in [2.75, 3.05) is 25.4 Å². The first-order valence-corrected chi connectivity index (χ1v) is 6.07. The van der Waals surface area contributed by atoms with Crippen molar-refractivity contribution in [1.29, 1.82) is 0 Å². The number of aliphatic hydroxyl groups is 1. The molecule has 0 saturated carbocycles. The molecule has 1 unspecified atom stereocenters. The van der Waals surface area contributed by atoms with Gasteiger partial charge in [-0.05, 0) is 18.6 Å². The van der Waals surface area contributed by atoms with Crippen LogP contribution in [-0.4, -0.2) is 52.8 Å². The van der Waals surface area contributed by atoms with Crippen LogP contribution in [0.1, 0.15) is 12.8 Å². The van der Waals surface area contributed by atoms with Crippen LogP contribution in [0.3, 0.4) is 0 Å². The SMILES string of the molecule is O=C(C1CCCS1)N(CCO)CC(F)(F)F. The minimum absolute atomic E-state index is 0.255. The number of hydrogen-bond acceptors (Lipinski definition) is 3. The van der Waals surface area contributed by atoms with Gasteiger partial charge in [-0.3, -0.25) is 4.79 Å². The number of aliphatic hydroxyl groups excluding tert-OH is 1. The van der Waals surface area contributed by atoms with Crippen LogP contribution in [0.15, 0.2) is 0 Å². The third-order valence-electron chi connectivity index (χ3n) is 2.26. The molecule has 0 spiro atoms. The molecule has 0 aromatic heterocycles. The van der Waals surface area contributed by atoms with Gasteiger partial charge in [-0.1, -0.05) is 0 Å². The summed E-state index contributed by atoms with van der Waals surface area (Å²) in [4.78, 5) is 12.4. The first-order valence-electron chi connectivity index (χ1n) is 5.02. The Balaban J connectivity index is 2.57. The van der Waals surface area contributed by atoms with Gasteiger partial charge >= 0.3 is 6.18 Å². The summed E-state index contributed by atoms with van der Waals surface area (Å²) in [5.74, 6) is 0.309. The van der Waals surface area contributed by atoms with Gasteiger partial charge in [0.1, 0.15) is 6.54 Å². The van der Waals surface area contributed by atoms with Crippen LogP contribution in [0.25, 0.3) is 0 Å². The monoisotopic (exact) mass is 257 g/mol. The van der Waals surface area contributed by atoms with E-state index in [9.17, 15) is 18.0 Å². The molecule has 1 rings (SSSR count). The fraction of sp³-hybridized carbons (Fsp3) is 0.889. The predicted octanol–water partition coefficient (Wildman–Crippen LogP) is 1.27. The van der Waals surface area contributed by atoms with Gasteiger partial charge in [0.25, 0.3) is 0 Å². The summed E-state index contributed by atoms with van der Waals surface area (Å²) in [5, 5.41) is 8.29. The molecule has 0 bridgehead atoms. The number of amides is 1. The number of nitrogens with zero attached hydrogens (tertiary/aromatic N) is 1. The Bertz CT molecular complexity index is 241. The van der Waals surface area contributed by atoms with E-state index in [1.807, 2.05) is 0 Å². The standard InChI is InChI=1S/C9H14F3NO2S/c10-9(11,12)6-13(3-4-14)8(15)7-2-1-5-16-7/h7,14H,1-6H2. The quantitative estimate of drug-likeness (QED) is 0.824. The summed E-state index contributed by atoms with van der Waals surface area (Å²) in [6.45, 7) is -1.97. The van der Waals surface area contributed by atoms with Crippen LogP contribution >= 0.6 is 11.8 Å². The van der Waals surface area contributed by atoms with E-state index in [1.54, 1.807) is 0 Å². The molecule has 1 aliphatic rings. The first-order chi connectivity index (χ1) is 7.44. The maximum atomic E-state index is 12.2. The predicted molar refractivity (Wildman–Crippen MR) is 55.2 cm³/mol. The molecule has 1 atom stereocenters. The summed E-state index contributed by atoms with van der Waals surface area (Å²) in [6.07, 6.45) is -2.92. The smallest absolute Gasteiger partial charge is 0.395 e. The molecule has 1 saturated heterocycles. The van der Waals surface area contributed by atoms with Crippen LogP contribution < -0.4 is 0 Å². The molecule has 0 radical (unpaired) electrons. The van der Waals surface area contributed by atoms with Crippen molar-refractivity contribution >= 4 is 17.7 Å². The molecular weight excluding hydrogens is 243 g/mol. The molecular formula is C9H14F3NO2S. The van der Waals surface area contributed by atoms with Crippen LogP contribution in [0.4, 0.5) is 13.2 Å². The Labute approximate surface area is 96.0 Å². The highest BCUT2D eigenvalue weighted by Crippen LogP contribution is 2.28. The number of thioether (sulfide) groups is 1. The lowest BCUT2D eigenvalue weighted by Crippen LogP contribution is -2.44. The second kappa shape index (κ2) is 5.77. The number of alkyl halides is 3. The first kappa shape index (κ1) is 13.6. The molecule has 0 aromatic rings. The largest absolute Gasteiger partial charge is 0.406 e. The highest BCUT2D eigenvalue weighted by atomic mass is 32.2. The molecule has 1 N–H and O–H groups in total. The van der Waals surface area contributed by atoms with E-state index in [0.717, 1.165) is 12.2 Å². The van der Waals surface area contributed by atoms with E-state index >= 15 is 0 Å². The van der Waals surface area contributed by atoms with Gasteiger partial charge in [0, 0.05) is 6.54 Å². The van der Waals surface area contributed by atoms with Crippen LogP contribution in [-0.2, 0) is 4.79 Å². The molecule has 1 heterocycles. The highest BCUT2D eigenvalue weighted by molar-refractivity contribution is 8.00. The lowest BCUT2D eigenvalue weighted by molar-refractivity contribution is -0.161. The van der Waals surface area contributed by atoms with Crippen molar-refractivity contribution in [3.8, 4) is 0 Å². The summed E-state index contributed by atoms with van der Waals surface area (Å²) in [6, 6.07) is 0. The van der Waals surface area contributed by atoms with E-state index in [-0.39, 0.29) is 11.8 Å². The normalized spacial score (nSPS) is 21.1. The third-order valence-corrected chi connectivity index (χ3v) is 3.62. The van der Waals surface area contributed by atoms with E-state index in [4.69, 9.17) is 5.11 Å². The van der Waals surface area contributed by atoms with E-state index in [1.165, 1.54) is 11.8 Å². The van der Waals surface area contributed by atoms with E-state index in [0.29, 0.717) is 11.3 Å². The zero-order valence-corrected chi connectivity index (χ0v) is 9.48. The lowest BCUT2D eigenvalue weighted by atomic mass is 10.2. The minimum atomic E-state index is -4.41. The third kappa shape index (κ3) is 4.21. The Morgan fingerprint density at radius 2 is 2.19 bits per heavy atom. The van der Waals surface area contributed by atoms with Crippen molar-refractivity contribution in [3.05, 3.63) is 0 Å². The Morgan fingerprint density at radius 1 is 1.50 bits per heavy atom. The number of halogens is 3. The molecule has 0 aliphatic carbocycles. The highest BCUT2D eigenvalue weighted by Gasteiger charge is 2.36. The number of hydrogen-bond donors (Lipinski definition) is 1. The summed E-state index contributed by atoms with van der Waals surface area (Å²) >= 11 is 1.39. The van der Waals surface area contributed by atoms with Crippen molar-refractivity contribution in [2.24, 2.45) is 0 Å². The van der Waals surface area contributed by atoms with Gasteiger partial charge in [-0.2, -0.15) is 13.2 Å². The second-order valence-electron chi connectivity index (χ2n) is 3.60. The molecule has 16 heavy (non-hydrogen) atoms. The van der Waals surface area contributed by atoms with Crippen LogP contribution in [0.2, 0.25) is 0 Å². The molecule has 7 heteroatoms. The van der Waals surface area contributed by atoms with E-state index in [2.05, 4.69) is 0 Å². The average Bonchev–Trinajstić information content (AvgIpc) is 2.66. The zero-order chi connectivity index (χ0) is 12.2. The summed E-state index contributed by atoms with van der Waals surface area (Å²) in [7, 11) is 0. The van der Waals surface area contributed by atoms with Crippen molar-refractivity contribution in [2.45, 2.75) is 24.3 Å². The summed E-state index contributed by atoms with van der Waals surface area (Å²) < 4.78 is 36.6. The molecule has 3 nitrogen and oxygen atoms in total. The second-order valence-corrected chi connectivity index (χ2v) is 4.91. The zero-order valence-electron chi connectivity index (χ0n) is 8.66. The maximum Gasteiger partial charge on any atom is 0.406 e. The van der Waals surface area contributed by atoms with Gasteiger partial charge in [0.15, 0.2) is 0 Å². The number of carbonyl (C=O) groups excluding carboxylic acids is 1. The fourth-order valence-electron chi connectivity index (χ4n) is 1.58. The van der Waals surface area contributed by atoms with Crippen molar-refractivity contribution in [1.82, 2.24) is 4.90 Å². The van der Waals surface area contributed by atoms with Crippen molar-refractivity contribution in [3.63, 3.8) is 0 Å². The van der Waals surface area contributed by atoms with Gasteiger partial charge in [0.05, 0.1) is 11.9 Å². The molecule has 1 fully saturated rings. The Morgan fingerprint density at radius 3 is 2.62 bits per heavy atom. The molecule has 94 valence electrons. The maximum absolute atomic E-state index is 12.2. The van der Waals surface area contributed by atoms with Gasteiger partial charge in [-0.25, -0.2) is 0 Å². The van der Waals surface area contributed by atoms with E-state index < -0.39 is 25.2 Å². The minimum Gasteiger partial charge on any atom is -0.395 e. The van der Waals surface area contributed by atoms with Crippen molar-refractivity contribution < 1.29 is 23.1 Å². The average molecular weight is 257 g/mol.